The van der Waals surface area contributed by atoms with E-state index in [1.165, 1.54) is 11.1 Å². The maximum atomic E-state index is 11.6. The minimum absolute atomic E-state index is 0.178. The summed E-state index contributed by atoms with van der Waals surface area (Å²) < 4.78 is 0. The van der Waals surface area contributed by atoms with E-state index in [-0.39, 0.29) is 5.91 Å². The Bertz CT molecular complexity index is 440. The Morgan fingerprint density at radius 1 is 1.20 bits per heavy atom. The van der Waals surface area contributed by atoms with E-state index < -0.39 is 12.0 Å². The molecule has 0 spiro atoms. The number of unbranched alkanes of at least 4 members (excludes halogenated alkanes) is 1. The lowest BCUT2D eigenvalue weighted by Gasteiger charge is -2.11. The number of carboxylic acid groups (broad SMARTS) is 1. The van der Waals surface area contributed by atoms with Gasteiger partial charge in [0, 0.05) is 6.42 Å². The van der Waals surface area contributed by atoms with Crippen LogP contribution in [0.4, 0.5) is 0 Å². The molecule has 0 aliphatic heterocycles. The largest absolute Gasteiger partial charge is 0.480 e. The van der Waals surface area contributed by atoms with Gasteiger partial charge >= 0.3 is 5.97 Å². The number of hydrogen-bond acceptors (Lipinski definition) is 2. The van der Waals surface area contributed by atoms with Gasteiger partial charge in [-0.05, 0) is 38.2 Å². The molecular weight excluding hydrogens is 254 g/mol. The van der Waals surface area contributed by atoms with Crippen molar-refractivity contribution in [3.05, 3.63) is 35.4 Å². The van der Waals surface area contributed by atoms with Crippen LogP contribution >= 0.6 is 0 Å². The standard InChI is InChI=1S/C16H23NO3/c1-3-14(16(19)20)17-15(18)7-5-4-6-13-10-8-12(2)9-11-13/h8-11,14H,3-7H2,1-2H3,(H,17,18)(H,19,20). The average molecular weight is 277 g/mol. The molecule has 1 atom stereocenters. The summed E-state index contributed by atoms with van der Waals surface area (Å²) in [7, 11) is 0. The summed E-state index contributed by atoms with van der Waals surface area (Å²) in [6.45, 7) is 3.80. The number of carboxylic acids is 1. The molecule has 0 heterocycles. The first kappa shape index (κ1) is 16.2. The first-order chi connectivity index (χ1) is 9.52. The molecule has 110 valence electrons. The van der Waals surface area contributed by atoms with Gasteiger partial charge in [-0.25, -0.2) is 4.79 Å². The Labute approximate surface area is 120 Å². The Hall–Kier alpha value is -1.84. The van der Waals surface area contributed by atoms with Crippen LogP contribution in [-0.4, -0.2) is 23.0 Å². The Morgan fingerprint density at radius 2 is 1.85 bits per heavy atom. The third kappa shape index (κ3) is 5.87. The van der Waals surface area contributed by atoms with Crippen LogP contribution in [0, 0.1) is 6.92 Å². The summed E-state index contributed by atoms with van der Waals surface area (Å²) in [6, 6.07) is 7.61. The van der Waals surface area contributed by atoms with Crippen LogP contribution in [0.2, 0.25) is 0 Å². The zero-order chi connectivity index (χ0) is 15.0. The molecule has 0 saturated heterocycles. The number of amides is 1. The zero-order valence-corrected chi connectivity index (χ0v) is 12.2. The molecule has 0 aliphatic rings. The van der Waals surface area contributed by atoms with Crippen LogP contribution in [0.5, 0.6) is 0 Å². The SMILES string of the molecule is CCC(NC(=O)CCCCc1ccc(C)cc1)C(=O)O. The lowest BCUT2D eigenvalue weighted by Crippen LogP contribution is -2.40. The first-order valence-corrected chi connectivity index (χ1v) is 7.10. The second-order valence-electron chi connectivity index (χ2n) is 5.06. The van der Waals surface area contributed by atoms with Crippen LogP contribution < -0.4 is 5.32 Å². The summed E-state index contributed by atoms with van der Waals surface area (Å²) in [5.74, 6) is -1.15. The van der Waals surface area contributed by atoms with Crippen LogP contribution in [0.1, 0.15) is 43.7 Å². The van der Waals surface area contributed by atoms with Gasteiger partial charge in [0.25, 0.3) is 0 Å². The molecule has 1 unspecified atom stereocenters. The Morgan fingerprint density at radius 3 is 2.40 bits per heavy atom. The molecule has 0 fully saturated rings. The van der Waals surface area contributed by atoms with Gasteiger partial charge in [-0.15, -0.1) is 0 Å². The molecule has 1 rings (SSSR count). The second kappa shape index (κ2) is 8.35. The number of benzene rings is 1. The Kier molecular flexibility index (Phi) is 6.77. The van der Waals surface area contributed by atoms with Crippen molar-refractivity contribution in [2.75, 3.05) is 0 Å². The van der Waals surface area contributed by atoms with E-state index in [1.54, 1.807) is 6.92 Å². The van der Waals surface area contributed by atoms with E-state index >= 15 is 0 Å². The van der Waals surface area contributed by atoms with E-state index in [2.05, 4.69) is 36.5 Å². The van der Waals surface area contributed by atoms with Crippen molar-refractivity contribution >= 4 is 11.9 Å². The van der Waals surface area contributed by atoms with E-state index in [0.717, 1.165) is 19.3 Å². The number of rotatable bonds is 8. The van der Waals surface area contributed by atoms with E-state index in [9.17, 15) is 9.59 Å². The smallest absolute Gasteiger partial charge is 0.326 e. The fraction of sp³-hybridized carbons (Fsp3) is 0.500. The summed E-state index contributed by atoms with van der Waals surface area (Å²) in [6.07, 6.45) is 3.44. The molecule has 4 nitrogen and oxygen atoms in total. The van der Waals surface area contributed by atoms with Crippen molar-refractivity contribution < 1.29 is 14.7 Å². The molecule has 0 saturated carbocycles. The first-order valence-electron chi connectivity index (χ1n) is 7.10. The number of aryl methyl sites for hydroxylation is 2. The van der Waals surface area contributed by atoms with Crippen molar-refractivity contribution in [2.45, 2.75) is 52.0 Å². The summed E-state index contributed by atoms with van der Waals surface area (Å²) in [5.41, 5.74) is 2.51. The van der Waals surface area contributed by atoms with Gasteiger partial charge in [0.2, 0.25) is 5.91 Å². The average Bonchev–Trinajstić information content (AvgIpc) is 2.42. The van der Waals surface area contributed by atoms with E-state index in [1.807, 2.05) is 0 Å². The fourth-order valence-corrected chi connectivity index (χ4v) is 1.97. The summed E-state index contributed by atoms with van der Waals surface area (Å²) >= 11 is 0. The highest BCUT2D eigenvalue weighted by molar-refractivity contribution is 5.83. The molecule has 0 aliphatic carbocycles. The lowest BCUT2D eigenvalue weighted by molar-refractivity contribution is -0.141. The normalized spacial score (nSPS) is 11.9. The quantitative estimate of drug-likeness (QED) is 0.718. The monoisotopic (exact) mass is 277 g/mol. The highest BCUT2D eigenvalue weighted by Crippen LogP contribution is 2.08. The molecular formula is C16H23NO3. The summed E-state index contributed by atoms with van der Waals surface area (Å²) in [4.78, 5) is 22.4. The van der Waals surface area contributed by atoms with Crippen molar-refractivity contribution in [2.24, 2.45) is 0 Å². The fourth-order valence-electron chi connectivity index (χ4n) is 1.97. The molecule has 0 bridgehead atoms. The Balaban J connectivity index is 2.22. The molecule has 0 aromatic heterocycles. The maximum Gasteiger partial charge on any atom is 0.326 e. The minimum Gasteiger partial charge on any atom is -0.480 e. The molecule has 1 aromatic carbocycles. The number of hydrogen-bond donors (Lipinski definition) is 2. The topological polar surface area (TPSA) is 66.4 Å². The zero-order valence-electron chi connectivity index (χ0n) is 12.2. The molecule has 20 heavy (non-hydrogen) atoms. The van der Waals surface area contributed by atoms with E-state index in [0.29, 0.717) is 12.8 Å². The van der Waals surface area contributed by atoms with Gasteiger partial charge in [-0.2, -0.15) is 0 Å². The van der Waals surface area contributed by atoms with Crippen molar-refractivity contribution in [3.63, 3.8) is 0 Å². The number of carbonyl (C=O) groups excluding carboxylic acids is 1. The van der Waals surface area contributed by atoms with Gasteiger partial charge in [0.1, 0.15) is 6.04 Å². The van der Waals surface area contributed by atoms with Gasteiger partial charge in [-0.1, -0.05) is 36.8 Å². The second-order valence-corrected chi connectivity index (χ2v) is 5.06. The number of nitrogens with one attached hydrogen (secondary N) is 1. The molecule has 4 heteroatoms. The van der Waals surface area contributed by atoms with Crippen LogP contribution in [0.3, 0.4) is 0 Å². The third-order valence-electron chi connectivity index (χ3n) is 3.28. The predicted molar refractivity (Wildman–Crippen MR) is 78.6 cm³/mol. The highest BCUT2D eigenvalue weighted by atomic mass is 16.4. The van der Waals surface area contributed by atoms with Crippen molar-refractivity contribution in [3.8, 4) is 0 Å². The van der Waals surface area contributed by atoms with Gasteiger partial charge < -0.3 is 10.4 Å². The third-order valence-corrected chi connectivity index (χ3v) is 3.28. The van der Waals surface area contributed by atoms with Crippen molar-refractivity contribution in [1.82, 2.24) is 5.32 Å². The van der Waals surface area contributed by atoms with Crippen LogP contribution in [-0.2, 0) is 16.0 Å². The predicted octanol–water partition coefficient (Wildman–Crippen LogP) is 2.69. The highest BCUT2D eigenvalue weighted by Gasteiger charge is 2.16. The lowest BCUT2D eigenvalue weighted by atomic mass is 10.1. The van der Waals surface area contributed by atoms with Crippen LogP contribution in [0.15, 0.2) is 24.3 Å². The molecule has 1 amide bonds. The maximum absolute atomic E-state index is 11.6. The van der Waals surface area contributed by atoms with Gasteiger partial charge in [0.05, 0.1) is 0 Å². The number of carbonyl (C=O) groups is 2. The molecule has 1 aromatic rings. The number of aliphatic carboxylic acids is 1. The van der Waals surface area contributed by atoms with Crippen LogP contribution in [0.25, 0.3) is 0 Å². The summed E-state index contributed by atoms with van der Waals surface area (Å²) in [5, 5.41) is 11.4. The van der Waals surface area contributed by atoms with E-state index in [4.69, 9.17) is 5.11 Å². The van der Waals surface area contributed by atoms with Gasteiger partial charge in [0.15, 0.2) is 0 Å². The van der Waals surface area contributed by atoms with Crippen molar-refractivity contribution in [1.29, 1.82) is 0 Å². The molecule has 2 N–H and O–H groups in total. The van der Waals surface area contributed by atoms with Gasteiger partial charge in [-0.3, -0.25) is 4.79 Å². The molecule has 0 radical (unpaired) electrons. The minimum atomic E-state index is -0.972.